The lowest BCUT2D eigenvalue weighted by atomic mass is 9.86. The molecule has 4 rings (SSSR count). The van der Waals surface area contributed by atoms with Crippen LogP contribution < -0.4 is 9.64 Å². The summed E-state index contributed by atoms with van der Waals surface area (Å²) in [4.78, 5) is 40.8. The molecule has 0 saturated carbocycles. The van der Waals surface area contributed by atoms with Crippen LogP contribution in [-0.2, 0) is 9.59 Å². The van der Waals surface area contributed by atoms with E-state index >= 15 is 0 Å². The Bertz CT molecular complexity index is 1140. The molecule has 2 aromatic carbocycles. The fraction of sp³-hybridized carbons (Fsp3) is 0.208. The smallest absolute Gasteiger partial charge is 0.297 e. The molecule has 156 valence electrons. The molecule has 0 N–H and O–H groups in total. The highest BCUT2D eigenvalue weighted by Gasteiger charge is 2.52. The van der Waals surface area contributed by atoms with Gasteiger partial charge in [-0.25, -0.2) is 0 Å². The summed E-state index contributed by atoms with van der Waals surface area (Å²) in [6, 6.07) is 16.4. The Morgan fingerprint density at radius 1 is 0.903 bits per heavy atom. The Morgan fingerprint density at radius 3 is 2.16 bits per heavy atom. The molecule has 1 fully saturated rings. The zero-order valence-corrected chi connectivity index (χ0v) is 17.4. The maximum absolute atomic E-state index is 13.4. The summed E-state index contributed by atoms with van der Waals surface area (Å²) >= 11 is 0. The van der Waals surface area contributed by atoms with E-state index in [1.807, 2.05) is 6.92 Å². The maximum Gasteiger partial charge on any atom is 0.297 e. The van der Waals surface area contributed by atoms with Crippen molar-refractivity contribution in [3.8, 4) is 5.75 Å². The normalized spacial score (nSPS) is 18.4. The molecule has 2 heterocycles. The molecule has 0 aliphatic carbocycles. The molecule has 1 aliphatic heterocycles. The summed E-state index contributed by atoms with van der Waals surface area (Å²) in [5, 5.41) is 8.12. The molecule has 2 atom stereocenters. The van der Waals surface area contributed by atoms with Gasteiger partial charge in [-0.15, -0.1) is 5.10 Å². The lowest BCUT2D eigenvalue weighted by Gasteiger charge is -2.26. The number of amides is 1. The van der Waals surface area contributed by atoms with Gasteiger partial charge in [-0.1, -0.05) is 42.0 Å². The third-order valence-corrected chi connectivity index (χ3v) is 5.41. The van der Waals surface area contributed by atoms with E-state index < -0.39 is 29.4 Å². The number of Topliss-reactive ketones (excluding diaryl/α,β-unsaturated/α-hetero) is 2. The second-order valence-electron chi connectivity index (χ2n) is 7.50. The highest BCUT2D eigenvalue weighted by molar-refractivity contribution is 6.48. The predicted molar refractivity (Wildman–Crippen MR) is 114 cm³/mol. The van der Waals surface area contributed by atoms with Crippen LogP contribution in [0, 0.1) is 19.8 Å². The summed E-state index contributed by atoms with van der Waals surface area (Å²) in [5.41, 5.74) is 2.68. The van der Waals surface area contributed by atoms with Crippen molar-refractivity contribution >= 4 is 23.3 Å². The first kappa shape index (κ1) is 20.4. The molecule has 1 aromatic heterocycles. The van der Waals surface area contributed by atoms with Gasteiger partial charge in [0.25, 0.3) is 5.91 Å². The van der Waals surface area contributed by atoms with Crippen LogP contribution in [0.5, 0.6) is 5.75 Å². The third kappa shape index (κ3) is 3.70. The van der Waals surface area contributed by atoms with Crippen molar-refractivity contribution < 1.29 is 19.1 Å². The highest BCUT2D eigenvalue weighted by atomic mass is 16.5. The van der Waals surface area contributed by atoms with Gasteiger partial charge in [0.1, 0.15) is 11.7 Å². The van der Waals surface area contributed by atoms with Gasteiger partial charge in [0.05, 0.1) is 18.8 Å². The minimum absolute atomic E-state index is 0.226. The molecular weight excluding hydrogens is 394 g/mol. The number of carbonyl (C=O) groups excluding carboxylic acids is 3. The first-order valence-electron chi connectivity index (χ1n) is 9.83. The number of ketones is 2. The molecule has 0 radical (unpaired) electrons. The summed E-state index contributed by atoms with van der Waals surface area (Å²) < 4.78 is 5.22. The SMILES string of the molecule is COc1ccc(C2C(C(=O)c3ccc(C)cc3)C(=O)C(=O)N2c2ccc(C)nn2)cc1. The second kappa shape index (κ2) is 8.10. The van der Waals surface area contributed by atoms with Crippen molar-refractivity contribution in [2.75, 3.05) is 12.0 Å². The number of aromatic nitrogens is 2. The Morgan fingerprint density at radius 2 is 1.58 bits per heavy atom. The van der Waals surface area contributed by atoms with Crippen LogP contribution in [0.4, 0.5) is 5.82 Å². The van der Waals surface area contributed by atoms with E-state index in [-0.39, 0.29) is 5.82 Å². The second-order valence-corrected chi connectivity index (χ2v) is 7.50. The molecule has 1 aliphatic rings. The van der Waals surface area contributed by atoms with Gasteiger partial charge in [0.15, 0.2) is 11.6 Å². The first-order chi connectivity index (χ1) is 14.9. The number of ether oxygens (including phenoxy) is 1. The van der Waals surface area contributed by atoms with Gasteiger partial charge in [0, 0.05) is 5.56 Å². The lowest BCUT2D eigenvalue weighted by Crippen LogP contribution is -2.31. The van der Waals surface area contributed by atoms with Crippen LogP contribution in [0.1, 0.15) is 33.2 Å². The zero-order valence-electron chi connectivity index (χ0n) is 17.4. The first-order valence-corrected chi connectivity index (χ1v) is 9.83. The quantitative estimate of drug-likeness (QED) is 0.361. The van der Waals surface area contributed by atoms with E-state index in [0.717, 1.165) is 5.56 Å². The number of benzene rings is 2. The van der Waals surface area contributed by atoms with Gasteiger partial charge >= 0.3 is 0 Å². The average molecular weight is 415 g/mol. The monoisotopic (exact) mass is 415 g/mol. The number of hydrogen-bond donors (Lipinski definition) is 0. The van der Waals surface area contributed by atoms with Crippen LogP contribution in [-0.4, -0.2) is 34.8 Å². The van der Waals surface area contributed by atoms with Crippen molar-refractivity contribution in [1.82, 2.24) is 10.2 Å². The molecule has 1 amide bonds. The molecule has 7 heteroatoms. The summed E-state index contributed by atoms with van der Waals surface area (Å²) in [6.07, 6.45) is 0. The standard InChI is InChI=1S/C24H21N3O4/c1-14-4-7-17(8-5-14)22(28)20-21(16-9-11-18(31-3)12-10-16)27(24(30)23(20)29)19-13-6-15(2)25-26-19/h4-13,20-21H,1-3H3. The maximum atomic E-state index is 13.4. The number of anilines is 1. The molecule has 31 heavy (non-hydrogen) atoms. The van der Waals surface area contributed by atoms with Crippen LogP contribution in [0.2, 0.25) is 0 Å². The van der Waals surface area contributed by atoms with Crippen molar-refractivity contribution in [2.45, 2.75) is 19.9 Å². The van der Waals surface area contributed by atoms with Gasteiger partial charge in [-0.3, -0.25) is 19.3 Å². The minimum Gasteiger partial charge on any atom is -0.497 e. The lowest BCUT2D eigenvalue weighted by molar-refractivity contribution is -0.135. The molecule has 7 nitrogen and oxygen atoms in total. The fourth-order valence-electron chi connectivity index (χ4n) is 3.74. The number of methoxy groups -OCH3 is 1. The Kier molecular flexibility index (Phi) is 5.33. The number of hydrogen-bond acceptors (Lipinski definition) is 6. The van der Waals surface area contributed by atoms with E-state index in [4.69, 9.17) is 4.74 Å². The highest BCUT2D eigenvalue weighted by Crippen LogP contribution is 2.40. The predicted octanol–water partition coefficient (Wildman–Crippen LogP) is 3.26. The van der Waals surface area contributed by atoms with Gasteiger partial charge in [-0.2, -0.15) is 5.10 Å². The third-order valence-electron chi connectivity index (χ3n) is 5.41. The number of rotatable bonds is 5. The van der Waals surface area contributed by atoms with Gasteiger partial charge < -0.3 is 4.74 Å². The summed E-state index contributed by atoms with van der Waals surface area (Å²) in [7, 11) is 1.55. The van der Waals surface area contributed by atoms with E-state index in [1.165, 1.54) is 4.90 Å². The Labute approximate surface area is 179 Å². The van der Waals surface area contributed by atoms with Crippen molar-refractivity contribution in [1.29, 1.82) is 0 Å². The molecule has 1 saturated heterocycles. The van der Waals surface area contributed by atoms with Crippen molar-refractivity contribution in [2.24, 2.45) is 5.92 Å². The summed E-state index contributed by atoms with van der Waals surface area (Å²) in [5.74, 6) is -2.27. The molecule has 0 spiro atoms. The number of carbonyl (C=O) groups is 3. The van der Waals surface area contributed by atoms with Crippen LogP contribution in [0.15, 0.2) is 60.7 Å². The Hall–Kier alpha value is -3.87. The van der Waals surface area contributed by atoms with E-state index in [0.29, 0.717) is 22.6 Å². The zero-order chi connectivity index (χ0) is 22.1. The topological polar surface area (TPSA) is 89.5 Å². The van der Waals surface area contributed by atoms with Crippen molar-refractivity contribution in [3.05, 3.63) is 83.0 Å². The molecule has 0 bridgehead atoms. The van der Waals surface area contributed by atoms with Gasteiger partial charge in [-0.05, 0) is 43.7 Å². The number of nitrogens with zero attached hydrogens (tertiary/aromatic N) is 3. The average Bonchev–Trinajstić information content (AvgIpc) is 3.05. The Balaban J connectivity index is 1.83. The van der Waals surface area contributed by atoms with Crippen LogP contribution in [0.3, 0.4) is 0 Å². The molecular formula is C24H21N3O4. The van der Waals surface area contributed by atoms with E-state index in [2.05, 4.69) is 10.2 Å². The van der Waals surface area contributed by atoms with Crippen LogP contribution in [0.25, 0.3) is 0 Å². The molecule has 2 unspecified atom stereocenters. The fourth-order valence-corrected chi connectivity index (χ4v) is 3.74. The van der Waals surface area contributed by atoms with Crippen molar-refractivity contribution in [3.63, 3.8) is 0 Å². The van der Waals surface area contributed by atoms with Gasteiger partial charge in [0.2, 0.25) is 5.78 Å². The summed E-state index contributed by atoms with van der Waals surface area (Å²) in [6.45, 7) is 3.69. The minimum atomic E-state index is -1.19. The van der Waals surface area contributed by atoms with E-state index in [9.17, 15) is 14.4 Å². The van der Waals surface area contributed by atoms with Crippen LogP contribution >= 0.6 is 0 Å². The molecule has 3 aromatic rings. The van der Waals surface area contributed by atoms with E-state index in [1.54, 1.807) is 74.7 Å². The largest absolute Gasteiger partial charge is 0.497 e. The number of aryl methyl sites for hydroxylation is 2.